The van der Waals surface area contributed by atoms with Crippen molar-refractivity contribution in [3.05, 3.63) is 60.7 Å². The minimum absolute atomic E-state index is 0.329. The van der Waals surface area contributed by atoms with Crippen molar-refractivity contribution in [2.75, 3.05) is 0 Å². The minimum atomic E-state index is -0.329. The molecule has 0 heterocycles. The van der Waals surface area contributed by atoms with E-state index in [9.17, 15) is 4.79 Å². The molecule has 0 radical (unpaired) electrons. The topological polar surface area (TPSA) is 17.1 Å². The highest BCUT2D eigenvalue weighted by atomic mass is 16.1. The van der Waals surface area contributed by atoms with E-state index in [-0.39, 0.29) is 5.41 Å². The van der Waals surface area contributed by atoms with Crippen molar-refractivity contribution in [3.8, 4) is 0 Å². The van der Waals surface area contributed by atoms with Crippen LogP contribution in [0.5, 0.6) is 0 Å². The summed E-state index contributed by atoms with van der Waals surface area (Å²) in [4.78, 5) is 12.6. The molecular formula is C19H20O. The van der Waals surface area contributed by atoms with E-state index < -0.39 is 0 Å². The smallest absolute Gasteiger partial charge is 0.143 e. The van der Waals surface area contributed by atoms with Gasteiger partial charge in [0.25, 0.3) is 0 Å². The predicted octanol–water partition coefficient (Wildman–Crippen LogP) is 4.80. The molecule has 1 aliphatic rings. The lowest BCUT2D eigenvalue weighted by molar-refractivity contribution is -0.126. The predicted molar refractivity (Wildman–Crippen MR) is 83.9 cm³/mol. The van der Waals surface area contributed by atoms with Crippen molar-refractivity contribution >= 4 is 16.6 Å². The minimum Gasteiger partial charge on any atom is -0.299 e. The maximum absolute atomic E-state index is 12.6. The molecule has 0 saturated heterocycles. The van der Waals surface area contributed by atoms with Gasteiger partial charge in [-0.1, -0.05) is 55.0 Å². The zero-order chi connectivity index (χ0) is 14.0. The van der Waals surface area contributed by atoms with E-state index in [1.165, 1.54) is 16.3 Å². The molecule has 0 unspecified atom stereocenters. The molecule has 0 N–H and O–H groups in total. The Balaban J connectivity index is 2.13. The van der Waals surface area contributed by atoms with Crippen molar-refractivity contribution in [2.24, 2.45) is 0 Å². The number of hydrogen-bond donors (Lipinski definition) is 0. The summed E-state index contributed by atoms with van der Waals surface area (Å²) in [7, 11) is 0. The van der Waals surface area contributed by atoms with Gasteiger partial charge in [-0.05, 0) is 35.6 Å². The molecule has 0 aromatic heterocycles. The first-order valence-electron chi connectivity index (χ1n) is 7.40. The highest BCUT2D eigenvalue weighted by Crippen LogP contribution is 2.40. The molecule has 1 nitrogen and oxygen atoms in total. The van der Waals surface area contributed by atoms with Crippen molar-refractivity contribution in [2.45, 2.75) is 37.5 Å². The Morgan fingerprint density at radius 1 is 1.10 bits per heavy atom. The molecular weight excluding hydrogens is 244 g/mol. The third-order valence-electron chi connectivity index (χ3n) is 4.59. The van der Waals surface area contributed by atoms with Gasteiger partial charge in [-0.2, -0.15) is 0 Å². The lowest BCUT2D eigenvalue weighted by Crippen LogP contribution is -2.38. The second-order valence-electron chi connectivity index (χ2n) is 5.77. The molecule has 1 fully saturated rings. The van der Waals surface area contributed by atoms with Gasteiger partial charge in [0.2, 0.25) is 0 Å². The Labute approximate surface area is 120 Å². The summed E-state index contributed by atoms with van der Waals surface area (Å²) in [5.41, 5.74) is 0.838. The van der Waals surface area contributed by atoms with E-state index in [0.717, 1.165) is 25.7 Å². The van der Waals surface area contributed by atoms with Crippen LogP contribution in [0.15, 0.2) is 55.1 Å². The first-order chi connectivity index (χ1) is 9.76. The Morgan fingerprint density at radius 3 is 2.65 bits per heavy atom. The van der Waals surface area contributed by atoms with E-state index in [1.807, 2.05) is 12.1 Å². The van der Waals surface area contributed by atoms with Crippen molar-refractivity contribution in [3.63, 3.8) is 0 Å². The standard InChI is InChI=1S/C19H20O/c1-2-12-19(13-6-5-9-18(19)20)17-11-10-15-7-3-4-8-16(15)14-17/h2-4,7-8,10-11,14H,1,5-6,9,12-13H2/t19-/m0/s1. The summed E-state index contributed by atoms with van der Waals surface area (Å²) in [5.74, 6) is 0.388. The molecule has 20 heavy (non-hydrogen) atoms. The van der Waals surface area contributed by atoms with Gasteiger partial charge in [-0.15, -0.1) is 6.58 Å². The summed E-state index contributed by atoms with van der Waals surface area (Å²) in [6, 6.07) is 14.8. The van der Waals surface area contributed by atoms with E-state index in [0.29, 0.717) is 12.2 Å². The molecule has 0 bridgehead atoms. The Hall–Kier alpha value is -1.89. The maximum atomic E-state index is 12.6. The third-order valence-corrected chi connectivity index (χ3v) is 4.59. The number of carbonyl (C=O) groups excluding carboxylic acids is 1. The lowest BCUT2D eigenvalue weighted by atomic mass is 9.66. The van der Waals surface area contributed by atoms with Crippen LogP contribution in [-0.2, 0) is 10.2 Å². The molecule has 2 aromatic carbocycles. The van der Waals surface area contributed by atoms with E-state index >= 15 is 0 Å². The zero-order valence-electron chi connectivity index (χ0n) is 11.8. The monoisotopic (exact) mass is 264 g/mol. The van der Waals surface area contributed by atoms with Gasteiger partial charge in [0.1, 0.15) is 5.78 Å². The molecule has 0 amide bonds. The Kier molecular flexibility index (Phi) is 3.43. The summed E-state index contributed by atoms with van der Waals surface area (Å²) in [6.45, 7) is 3.87. The van der Waals surface area contributed by atoms with Gasteiger partial charge >= 0.3 is 0 Å². The summed E-state index contributed by atoms with van der Waals surface area (Å²) < 4.78 is 0. The Morgan fingerprint density at radius 2 is 1.90 bits per heavy atom. The normalized spacial score (nSPS) is 22.9. The molecule has 1 saturated carbocycles. The largest absolute Gasteiger partial charge is 0.299 e. The fourth-order valence-electron chi connectivity index (χ4n) is 3.46. The second-order valence-corrected chi connectivity index (χ2v) is 5.77. The van der Waals surface area contributed by atoms with Gasteiger partial charge in [0, 0.05) is 6.42 Å². The average molecular weight is 264 g/mol. The summed E-state index contributed by atoms with van der Waals surface area (Å²) in [6.07, 6.45) is 6.48. The van der Waals surface area contributed by atoms with Crippen molar-refractivity contribution in [1.29, 1.82) is 0 Å². The van der Waals surface area contributed by atoms with Crippen molar-refractivity contribution < 1.29 is 4.79 Å². The van der Waals surface area contributed by atoms with Crippen LogP contribution in [-0.4, -0.2) is 5.78 Å². The lowest BCUT2D eigenvalue weighted by Gasteiger charge is -2.35. The van der Waals surface area contributed by atoms with Crippen molar-refractivity contribution in [1.82, 2.24) is 0 Å². The fourth-order valence-corrected chi connectivity index (χ4v) is 3.46. The third kappa shape index (κ3) is 2.07. The molecule has 2 aromatic rings. The van der Waals surface area contributed by atoms with Gasteiger partial charge in [-0.25, -0.2) is 0 Å². The van der Waals surface area contributed by atoms with Crippen LogP contribution in [0.2, 0.25) is 0 Å². The quantitative estimate of drug-likeness (QED) is 0.728. The maximum Gasteiger partial charge on any atom is 0.143 e. The van der Waals surface area contributed by atoms with Gasteiger partial charge in [-0.3, -0.25) is 4.79 Å². The van der Waals surface area contributed by atoms with Crippen LogP contribution in [0.4, 0.5) is 0 Å². The average Bonchev–Trinajstić information content (AvgIpc) is 2.49. The van der Waals surface area contributed by atoms with E-state index in [1.54, 1.807) is 0 Å². The van der Waals surface area contributed by atoms with E-state index in [4.69, 9.17) is 0 Å². The molecule has 0 aliphatic heterocycles. The van der Waals surface area contributed by atoms with Crippen LogP contribution in [0.3, 0.4) is 0 Å². The molecule has 3 rings (SSSR count). The van der Waals surface area contributed by atoms with Crippen LogP contribution in [0, 0.1) is 0 Å². The number of Topliss-reactive ketones (excluding diaryl/α,β-unsaturated/α-hetero) is 1. The highest BCUT2D eigenvalue weighted by Gasteiger charge is 2.40. The highest BCUT2D eigenvalue weighted by molar-refractivity contribution is 5.93. The fraction of sp³-hybridized carbons (Fsp3) is 0.316. The molecule has 102 valence electrons. The first-order valence-corrected chi connectivity index (χ1v) is 7.40. The summed E-state index contributed by atoms with van der Waals surface area (Å²) >= 11 is 0. The van der Waals surface area contributed by atoms with Crippen LogP contribution in [0.1, 0.15) is 37.7 Å². The number of fused-ring (bicyclic) bond motifs is 1. The van der Waals surface area contributed by atoms with Gasteiger partial charge < -0.3 is 0 Å². The molecule has 1 atom stereocenters. The first kappa shape index (κ1) is 13.1. The molecule has 1 heteroatoms. The second kappa shape index (κ2) is 5.24. The van der Waals surface area contributed by atoms with Crippen LogP contribution in [0.25, 0.3) is 10.8 Å². The number of hydrogen-bond acceptors (Lipinski definition) is 1. The zero-order valence-corrected chi connectivity index (χ0v) is 11.8. The SMILES string of the molecule is C=CC[C@@]1(c2ccc3ccccc3c2)CCCCC1=O. The van der Waals surface area contributed by atoms with E-state index in [2.05, 4.69) is 43.0 Å². The van der Waals surface area contributed by atoms with Gasteiger partial charge in [0.15, 0.2) is 0 Å². The number of carbonyl (C=O) groups is 1. The van der Waals surface area contributed by atoms with Crippen LogP contribution >= 0.6 is 0 Å². The molecule has 1 aliphatic carbocycles. The Bertz CT molecular complexity index is 656. The number of rotatable bonds is 3. The molecule has 0 spiro atoms. The number of ketones is 1. The van der Waals surface area contributed by atoms with Crippen LogP contribution < -0.4 is 0 Å². The number of allylic oxidation sites excluding steroid dienone is 1. The van der Waals surface area contributed by atoms with Gasteiger partial charge in [0.05, 0.1) is 5.41 Å². The number of benzene rings is 2. The summed E-state index contributed by atoms with van der Waals surface area (Å²) in [5, 5.41) is 2.44.